The smallest absolute Gasteiger partial charge is 0.259 e. The van der Waals surface area contributed by atoms with Gasteiger partial charge >= 0.3 is 0 Å². The number of nitrogens with one attached hydrogen (secondary N) is 1. The van der Waals surface area contributed by atoms with Gasteiger partial charge in [0, 0.05) is 0 Å². The van der Waals surface area contributed by atoms with E-state index < -0.39 is 17.6 Å². The molecule has 2 amide bonds. The average molecular weight is 285 g/mol. The monoisotopic (exact) mass is 285 g/mol. The molecule has 1 heterocycles. The summed E-state index contributed by atoms with van der Waals surface area (Å²) in [6, 6.07) is 9.72. The number of carbonyl (C=O) groups excluding carboxylic acids is 2. The van der Waals surface area contributed by atoms with Gasteiger partial charge in [0.1, 0.15) is 0 Å². The first-order valence-corrected chi connectivity index (χ1v) is 6.40. The molecule has 0 fully saturated rings. The zero-order valence-corrected chi connectivity index (χ0v) is 11.3. The van der Waals surface area contributed by atoms with Crippen molar-refractivity contribution in [3.05, 3.63) is 64.5 Å². The number of fused-ring (bicyclic) bond motifs is 1. The zero-order chi connectivity index (χ0) is 15.0. The normalized spacial score (nSPS) is 13.0. The molecule has 2 aromatic rings. The van der Waals surface area contributed by atoms with Crippen LogP contribution in [-0.4, -0.2) is 18.9 Å². The van der Waals surface area contributed by atoms with E-state index in [0.29, 0.717) is 28.7 Å². The Morgan fingerprint density at radius 2 is 1.95 bits per heavy atom. The second-order valence-electron chi connectivity index (χ2n) is 4.77. The summed E-state index contributed by atoms with van der Waals surface area (Å²) in [4.78, 5) is 23.4. The topological polar surface area (TPSA) is 55.4 Å². The molecular weight excluding hydrogens is 273 g/mol. The molecule has 0 bridgehead atoms. The molecule has 21 heavy (non-hydrogen) atoms. The number of carbonyl (C=O) groups is 2. The second kappa shape index (κ2) is 5.01. The highest BCUT2D eigenvalue weighted by Crippen LogP contribution is 2.24. The first-order chi connectivity index (χ1) is 10.1. The van der Waals surface area contributed by atoms with Gasteiger partial charge in [-0.1, -0.05) is 18.2 Å². The zero-order valence-electron chi connectivity index (χ0n) is 11.3. The number of methoxy groups -OCH3 is 1. The number of benzene rings is 2. The van der Waals surface area contributed by atoms with Crippen LogP contribution in [0.2, 0.25) is 0 Å². The number of halogens is 1. The van der Waals surface area contributed by atoms with Crippen molar-refractivity contribution in [3.8, 4) is 5.75 Å². The third-order valence-electron chi connectivity index (χ3n) is 3.46. The molecule has 0 atom stereocenters. The summed E-state index contributed by atoms with van der Waals surface area (Å²) in [5.41, 5.74) is 2.14. The summed E-state index contributed by atoms with van der Waals surface area (Å²) in [5.74, 6) is -1.08. The van der Waals surface area contributed by atoms with Gasteiger partial charge < -0.3 is 4.74 Å². The molecule has 0 radical (unpaired) electrons. The molecule has 2 aromatic carbocycles. The molecule has 1 aliphatic heterocycles. The molecule has 0 spiro atoms. The van der Waals surface area contributed by atoms with Gasteiger partial charge in [0.05, 0.1) is 18.2 Å². The SMILES string of the molecule is COc1ccc(Cc2cccc3c2C(=O)NC3=O)cc1F. The molecule has 1 N–H and O–H groups in total. The molecular formula is C16H12FNO3. The molecule has 3 rings (SSSR count). The van der Waals surface area contributed by atoms with Crippen LogP contribution in [0.25, 0.3) is 0 Å². The first kappa shape index (κ1) is 13.3. The minimum absolute atomic E-state index is 0.171. The number of ether oxygens (including phenoxy) is 1. The van der Waals surface area contributed by atoms with E-state index >= 15 is 0 Å². The predicted octanol–water partition coefficient (Wildman–Crippen LogP) is 2.31. The fourth-order valence-corrected chi connectivity index (χ4v) is 2.48. The van der Waals surface area contributed by atoms with Gasteiger partial charge in [-0.15, -0.1) is 0 Å². The fraction of sp³-hybridized carbons (Fsp3) is 0.125. The van der Waals surface area contributed by atoms with E-state index in [1.54, 1.807) is 30.3 Å². The van der Waals surface area contributed by atoms with E-state index in [1.807, 2.05) is 0 Å². The van der Waals surface area contributed by atoms with Gasteiger partial charge in [0.15, 0.2) is 11.6 Å². The first-order valence-electron chi connectivity index (χ1n) is 6.40. The molecule has 0 saturated carbocycles. The van der Waals surface area contributed by atoms with E-state index in [1.165, 1.54) is 13.2 Å². The van der Waals surface area contributed by atoms with Gasteiger partial charge in [0.2, 0.25) is 0 Å². The Hall–Kier alpha value is -2.69. The Morgan fingerprint density at radius 1 is 1.14 bits per heavy atom. The van der Waals surface area contributed by atoms with Crippen LogP contribution in [0.4, 0.5) is 4.39 Å². The largest absolute Gasteiger partial charge is 0.494 e. The van der Waals surface area contributed by atoms with Crippen LogP contribution in [0.15, 0.2) is 36.4 Å². The minimum atomic E-state index is -0.455. The molecule has 0 unspecified atom stereocenters. The summed E-state index contributed by atoms with van der Waals surface area (Å²) in [6.45, 7) is 0. The molecule has 0 aromatic heterocycles. The maximum atomic E-state index is 13.7. The molecule has 0 aliphatic carbocycles. The van der Waals surface area contributed by atoms with Crippen LogP contribution in [-0.2, 0) is 6.42 Å². The lowest BCUT2D eigenvalue weighted by Gasteiger charge is -2.08. The Morgan fingerprint density at radius 3 is 2.67 bits per heavy atom. The second-order valence-corrected chi connectivity index (χ2v) is 4.77. The van der Waals surface area contributed by atoms with E-state index in [0.717, 1.165) is 0 Å². The number of rotatable bonds is 3. The number of amides is 2. The van der Waals surface area contributed by atoms with Crippen LogP contribution in [0, 0.1) is 5.82 Å². The lowest BCUT2D eigenvalue weighted by atomic mass is 9.97. The molecule has 1 aliphatic rings. The Bertz CT molecular complexity index is 755. The maximum Gasteiger partial charge on any atom is 0.259 e. The number of imide groups is 1. The van der Waals surface area contributed by atoms with Crippen LogP contribution in [0.3, 0.4) is 0 Å². The van der Waals surface area contributed by atoms with Crippen molar-refractivity contribution in [2.75, 3.05) is 7.11 Å². The summed E-state index contributed by atoms with van der Waals surface area (Å²) in [7, 11) is 1.40. The predicted molar refractivity (Wildman–Crippen MR) is 74.0 cm³/mol. The van der Waals surface area contributed by atoms with Crippen molar-refractivity contribution in [1.29, 1.82) is 0 Å². The average Bonchev–Trinajstić information content (AvgIpc) is 2.75. The van der Waals surface area contributed by atoms with Crippen molar-refractivity contribution >= 4 is 11.8 Å². The minimum Gasteiger partial charge on any atom is -0.494 e. The summed E-state index contributed by atoms with van der Waals surface area (Å²) < 4.78 is 18.6. The lowest BCUT2D eigenvalue weighted by Crippen LogP contribution is -2.20. The van der Waals surface area contributed by atoms with Gasteiger partial charge in [-0.2, -0.15) is 0 Å². The van der Waals surface area contributed by atoms with E-state index in [2.05, 4.69) is 5.32 Å². The Balaban J connectivity index is 1.98. The Kier molecular flexibility index (Phi) is 3.17. The van der Waals surface area contributed by atoms with Crippen molar-refractivity contribution in [3.63, 3.8) is 0 Å². The van der Waals surface area contributed by atoms with E-state index in [9.17, 15) is 14.0 Å². The van der Waals surface area contributed by atoms with E-state index in [-0.39, 0.29) is 5.75 Å². The summed E-state index contributed by atoms with van der Waals surface area (Å²) >= 11 is 0. The summed E-state index contributed by atoms with van der Waals surface area (Å²) in [6.07, 6.45) is 0.366. The fourth-order valence-electron chi connectivity index (χ4n) is 2.48. The van der Waals surface area contributed by atoms with E-state index in [4.69, 9.17) is 4.74 Å². The quantitative estimate of drug-likeness (QED) is 0.880. The number of hydrogen-bond acceptors (Lipinski definition) is 3. The van der Waals surface area contributed by atoms with Gasteiger partial charge in [0.25, 0.3) is 11.8 Å². The molecule has 0 saturated heterocycles. The van der Waals surface area contributed by atoms with Crippen molar-refractivity contribution in [2.24, 2.45) is 0 Å². The van der Waals surface area contributed by atoms with Gasteiger partial charge in [-0.05, 0) is 35.7 Å². The number of hydrogen-bond donors (Lipinski definition) is 1. The molecule has 106 valence electrons. The maximum absolute atomic E-state index is 13.7. The lowest BCUT2D eigenvalue weighted by molar-refractivity contribution is 0.0879. The molecule has 4 nitrogen and oxygen atoms in total. The third kappa shape index (κ3) is 2.27. The highest BCUT2D eigenvalue weighted by atomic mass is 19.1. The standard InChI is InChI=1S/C16H12FNO3/c1-21-13-6-5-9(8-12(13)17)7-10-3-2-4-11-14(10)16(20)18-15(11)19/h2-6,8H,7H2,1H3,(H,18,19,20). The highest BCUT2D eigenvalue weighted by molar-refractivity contribution is 6.22. The Labute approximate surface area is 120 Å². The summed E-state index contributed by atoms with van der Waals surface area (Å²) in [5, 5.41) is 2.27. The van der Waals surface area contributed by atoms with Crippen molar-refractivity contribution in [1.82, 2.24) is 5.32 Å². The van der Waals surface area contributed by atoms with Crippen LogP contribution in [0.5, 0.6) is 5.75 Å². The van der Waals surface area contributed by atoms with Crippen LogP contribution < -0.4 is 10.1 Å². The van der Waals surface area contributed by atoms with Gasteiger partial charge in [-0.25, -0.2) is 4.39 Å². The highest BCUT2D eigenvalue weighted by Gasteiger charge is 2.28. The van der Waals surface area contributed by atoms with Crippen LogP contribution >= 0.6 is 0 Å². The van der Waals surface area contributed by atoms with Crippen LogP contribution in [0.1, 0.15) is 31.8 Å². The van der Waals surface area contributed by atoms with Crippen molar-refractivity contribution in [2.45, 2.75) is 6.42 Å². The molecule has 5 heteroatoms. The van der Waals surface area contributed by atoms with Gasteiger partial charge in [-0.3, -0.25) is 14.9 Å². The van der Waals surface area contributed by atoms with Crippen molar-refractivity contribution < 1.29 is 18.7 Å². The third-order valence-corrected chi connectivity index (χ3v) is 3.46.